The van der Waals surface area contributed by atoms with E-state index in [2.05, 4.69) is 21.6 Å². The molecule has 4 heterocycles. The molecule has 0 aliphatic carbocycles. The Bertz CT molecular complexity index is 1300. The number of nitrogens with one attached hydrogen (secondary N) is 2. The maximum absolute atomic E-state index is 12.7. The van der Waals surface area contributed by atoms with Gasteiger partial charge in [-0.25, -0.2) is 4.79 Å². The first kappa shape index (κ1) is 26.7. The number of nitrogens with zero attached hydrogens (tertiary/aromatic N) is 3. The van der Waals surface area contributed by atoms with Crippen LogP contribution in [0.3, 0.4) is 0 Å². The Morgan fingerprint density at radius 3 is 2.36 bits per heavy atom. The van der Waals surface area contributed by atoms with Gasteiger partial charge in [-0.3, -0.25) is 9.58 Å². The van der Waals surface area contributed by atoms with E-state index in [4.69, 9.17) is 24.0 Å². The van der Waals surface area contributed by atoms with Gasteiger partial charge in [0.05, 0.1) is 34.1 Å². The lowest BCUT2D eigenvalue weighted by Crippen LogP contribution is -2.56. The normalized spacial score (nSPS) is 21.8. The fraction of sp³-hybridized carbons (Fsp3) is 0.448. The lowest BCUT2D eigenvalue weighted by molar-refractivity contribution is 0.0296. The minimum atomic E-state index is -0.240. The number of fused-ring (bicyclic) bond motifs is 3. The lowest BCUT2D eigenvalue weighted by Gasteiger charge is -2.49. The second-order valence-corrected chi connectivity index (χ2v) is 10.1. The number of aryl methyl sites for hydroxylation is 1. The Hall–Kier alpha value is -3.92. The van der Waals surface area contributed by atoms with Crippen molar-refractivity contribution in [3.05, 3.63) is 48.2 Å². The van der Waals surface area contributed by atoms with Gasteiger partial charge >= 0.3 is 6.03 Å². The first-order valence-electron chi connectivity index (χ1n) is 13.2. The van der Waals surface area contributed by atoms with Crippen molar-refractivity contribution in [1.29, 1.82) is 0 Å². The second kappa shape index (κ2) is 11.4. The summed E-state index contributed by atoms with van der Waals surface area (Å²) in [6.45, 7) is 2.59. The molecule has 0 radical (unpaired) electrons. The number of carbonyl (C=O) groups is 1. The number of rotatable bonds is 9. The number of anilines is 1. The fourth-order valence-corrected chi connectivity index (χ4v) is 5.92. The summed E-state index contributed by atoms with van der Waals surface area (Å²) in [5.74, 6) is 3.58. The van der Waals surface area contributed by atoms with Crippen molar-refractivity contribution in [2.75, 3.05) is 53.4 Å². The van der Waals surface area contributed by atoms with E-state index in [0.29, 0.717) is 53.1 Å². The maximum Gasteiger partial charge on any atom is 0.319 e. The molecule has 3 fully saturated rings. The van der Waals surface area contributed by atoms with Crippen molar-refractivity contribution >= 4 is 11.7 Å². The summed E-state index contributed by atoms with van der Waals surface area (Å²) < 4.78 is 23.5. The minimum Gasteiger partial charge on any atom is -0.497 e. The van der Waals surface area contributed by atoms with Crippen molar-refractivity contribution in [3.63, 3.8) is 0 Å². The highest BCUT2D eigenvalue weighted by atomic mass is 16.5. The number of urea groups is 1. The van der Waals surface area contributed by atoms with Gasteiger partial charge < -0.3 is 29.6 Å². The molecule has 3 aliphatic heterocycles. The van der Waals surface area contributed by atoms with Crippen molar-refractivity contribution < 1.29 is 23.7 Å². The SMILES string of the molecule is COc1cc(NC(=O)NC[C@H]2C[C@@H]3CCN2C[C@@H]3c2cc(-c3ccc(OC)c(OC)c3)nn2C)cc(OC)c1. The predicted molar refractivity (Wildman–Crippen MR) is 149 cm³/mol. The monoisotopic (exact) mass is 535 g/mol. The average molecular weight is 536 g/mol. The van der Waals surface area contributed by atoms with Crippen LogP contribution in [0.5, 0.6) is 23.0 Å². The predicted octanol–water partition coefficient (Wildman–Crippen LogP) is 4.12. The summed E-state index contributed by atoms with van der Waals surface area (Å²) in [5, 5.41) is 10.8. The Balaban J connectivity index is 1.21. The molecule has 2 aromatic carbocycles. The third-order valence-electron chi connectivity index (χ3n) is 7.96. The molecule has 3 saturated heterocycles. The molecule has 2 bridgehead atoms. The van der Waals surface area contributed by atoms with Crippen LogP contribution in [-0.4, -0.2) is 74.8 Å². The quantitative estimate of drug-likeness (QED) is 0.425. The van der Waals surface area contributed by atoms with Crippen LogP contribution in [0, 0.1) is 5.92 Å². The molecule has 4 atom stereocenters. The largest absolute Gasteiger partial charge is 0.497 e. The van der Waals surface area contributed by atoms with Crippen molar-refractivity contribution in [2.45, 2.75) is 24.8 Å². The maximum atomic E-state index is 12.7. The Morgan fingerprint density at radius 1 is 0.974 bits per heavy atom. The number of aromatic nitrogens is 2. The number of ether oxygens (including phenoxy) is 4. The van der Waals surface area contributed by atoms with Gasteiger partial charge in [0.2, 0.25) is 0 Å². The van der Waals surface area contributed by atoms with Gasteiger partial charge in [-0.05, 0) is 49.6 Å². The number of hydrogen-bond donors (Lipinski definition) is 2. The highest BCUT2D eigenvalue weighted by Crippen LogP contribution is 2.42. The molecule has 6 rings (SSSR count). The van der Waals surface area contributed by atoms with E-state index >= 15 is 0 Å². The molecule has 10 nitrogen and oxygen atoms in total. The molecule has 0 saturated carbocycles. The molecule has 208 valence electrons. The van der Waals surface area contributed by atoms with Gasteiger partial charge in [0.25, 0.3) is 0 Å². The van der Waals surface area contributed by atoms with E-state index in [1.807, 2.05) is 29.9 Å². The number of hydrogen-bond acceptors (Lipinski definition) is 7. The van der Waals surface area contributed by atoms with Gasteiger partial charge in [0, 0.05) is 67.2 Å². The van der Waals surface area contributed by atoms with E-state index in [0.717, 1.165) is 37.2 Å². The fourth-order valence-electron chi connectivity index (χ4n) is 5.92. The molecule has 0 spiro atoms. The molecule has 1 unspecified atom stereocenters. The molecule has 3 aliphatic rings. The van der Waals surface area contributed by atoms with E-state index < -0.39 is 0 Å². The van der Waals surface area contributed by atoms with Gasteiger partial charge in [0.15, 0.2) is 11.5 Å². The van der Waals surface area contributed by atoms with Gasteiger partial charge in [-0.15, -0.1) is 0 Å². The molecule has 3 aromatic rings. The molecule has 2 N–H and O–H groups in total. The Labute approximate surface area is 229 Å². The lowest BCUT2D eigenvalue weighted by atomic mass is 9.74. The molecule has 10 heteroatoms. The summed E-state index contributed by atoms with van der Waals surface area (Å²) in [7, 11) is 8.47. The van der Waals surface area contributed by atoms with Crippen LogP contribution in [0.25, 0.3) is 11.3 Å². The van der Waals surface area contributed by atoms with Crippen LogP contribution in [0.1, 0.15) is 24.5 Å². The first-order valence-corrected chi connectivity index (χ1v) is 13.2. The Kier molecular flexibility index (Phi) is 7.83. The van der Waals surface area contributed by atoms with Crippen molar-refractivity contribution in [3.8, 4) is 34.3 Å². The van der Waals surface area contributed by atoms with Gasteiger partial charge in [-0.2, -0.15) is 5.10 Å². The smallest absolute Gasteiger partial charge is 0.319 e. The molecule has 2 amide bonds. The third-order valence-corrected chi connectivity index (χ3v) is 7.96. The zero-order valence-corrected chi connectivity index (χ0v) is 23.2. The first-order chi connectivity index (χ1) is 18.9. The van der Waals surface area contributed by atoms with Crippen LogP contribution >= 0.6 is 0 Å². The molecule has 1 aromatic heterocycles. The zero-order valence-electron chi connectivity index (χ0n) is 23.2. The van der Waals surface area contributed by atoms with E-state index in [1.165, 1.54) is 5.69 Å². The summed E-state index contributed by atoms with van der Waals surface area (Å²) in [6, 6.07) is 13.5. The van der Waals surface area contributed by atoms with Crippen LogP contribution in [0.2, 0.25) is 0 Å². The molecular weight excluding hydrogens is 498 g/mol. The van der Waals surface area contributed by atoms with Crippen LogP contribution < -0.4 is 29.6 Å². The van der Waals surface area contributed by atoms with Crippen molar-refractivity contribution in [1.82, 2.24) is 20.0 Å². The molecule has 39 heavy (non-hydrogen) atoms. The van der Waals surface area contributed by atoms with Gasteiger partial charge in [-0.1, -0.05) is 0 Å². The second-order valence-electron chi connectivity index (χ2n) is 10.1. The summed E-state index contributed by atoms with van der Waals surface area (Å²) >= 11 is 0. The van der Waals surface area contributed by atoms with Crippen LogP contribution in [0.4, 0.5) is 10.5 Å². The topological polar surface area (TPSA) is 99.1 Å². The number of carbonyl (C=O) groups excluding carboxylic acids is 1. The van der Waals surface area contributed by atoms with Gasteiger partial charge in [0.1, 0.15) is 11.5 Å². The van der Waals surface area contributed by atoms with Crippen LogP contribution in [-0.2, 0) is 7.05 Å². The highest BCUT2D eigenvalue weighted by molar-refractivity contribution is 5.89. The van der Waals surface area contributed by atoms with Crippen molar-refractivity contribution in [2.24, 2.45) is 13.0 Å². The standard InChI is InChI=1S/C29H37N5O5/c1-33-26(15-25(32-33)19-6-7-27(38-4)28(11-19)39-5)24-17-34-9-8-18(24)10-21(34)16-30-29(35)31-20-12-22(36-2)14-23(13-20)37-3/h6-7,11-15,18,21,24H,8-10,16-17H2,1-5H3,(H2,30,31,35)/t18-,21+,24-/m0/s1. The van der Waals surface area contributed by atoms with Crippen LogP contribution in [0.15, 0.2) is 42.5 Å². The molecular formula is C29H37N5O5. The number of amides is 2. The summed E-state index contributed by atoms with van der Waals surface area (Å²) in [4.78, 5) is 15.2. The Morgan fingerprint density at radius 2 is 1.72 bits per heavy atom. The van der Waals surface area contributed by atoms with E-state index in [1.54, 1.807) is 46.6 Å². The number of piperidine rings is 3. The average Bonchev–Trinajstić information content (AvgIpc) is 3.36. The zero-order chi connectivity index (χ0) is 27.5. The number of methoxy groups -OCH3 is 4. The van der Waals surface area contributed by atoms with E-state index in [9.17, 15) is 4.79 Å². The minimum absolute atomic E-state index is 0.240. The summed E-state index contributed by atoms with van der Waals surface area (Å²) in [6.07, 6.45) is 2.18. The third kappa shape index (κ3) is 5.61. The highest BCUT2D eigenvalue weighted by Gasteiger charge is 2.41. The number of benzene rings is 2. The van der Waals surface area contributed by atoms with E-state index in [-0.39, 0.29) is 6.03 Å². The summed E-state index contributed by atoms with van der Waals surface area (Å²) in [5.41, 5.74) is 3.79.